The molecule has 7 heteroatoms. The zero-order chi connectivity index (χ0) is 32.6. The molecular weight excluding hydrogens is 637 g/mol. The number of aliphatic hydroxyl groups is 3. The van der Waals surface area contributed by atoms with Gasteiger partial charge in [0.05, 0.1) is 0 Å². The zero-order valence-corrected chi connectivity index (χ0v) is 32.0. The molecule has 0 aromatic carbocycles. The number of ketones is 3. The standard InChI is InChI=1S/3C11H20O2.Nd/c3*1-10(2,3)8(12)7-9(13)11(4,5)6;/h3*7,12H,1-6H3;/b3*8-7+;. The zero-order valence-electron chi connectivity index (χ0n) is 28.8. The molecule has 0 saturated heterocycles. The Morgan fingerprint density at radius 3 is 0.550 bits per heavy atom. The van der Waals surface area contributed by atoms with Crippen molar-refractivity contribution in [3.8, 4) is 0 Å². The van der Waals surface area contributed by atoms with Crippen LogP contribution in [0.2, 0.25) is 0 Å². The molecule has 0 aliphatic rings. The Kier molecular flexibility index (Phi) is 19.0. The number of allylic oxidation sites excluding steroid dienone is 6. The number of hydrogen-bond donors (Lipinski definition) is 3. The predicted octanol–water partition coefficient (Wildman–Crippen LogP) is 9.27. The van der Waals surface area contributed by atoms with Gasteiger partial charge in [-0.3, -0.25) is 14.4 Å². The summed E-state index contributed by atoms with van der Waals surface area (Å²) in [7, 11) is 0. The normalized spacial score (nSPS) is 14.1. The van der Waals surface area contributed by atoms with Crippen LogP contribution in [0.15, 0.2) is 35.5 Å². The van der Waals surface area contributed by atoms with Crippen LogP contribution in [0.25, 0.3) is 0 Å². The van der Waals surface area contributed by atoms with Crippen molar-refractivity contribution in [3.63, 3.8) is 0 Å². The van der Waals surface area contributed by atoms with Gasteiger partial charge in [-0.1, -0.05) is 125 Å². The first-order chi connectivity index (χ1) is 16.6. The summed E-state index contributed by atoms with van der Waals surface area (Å²) >= 11 is 0. The van der Waals surface area contributed by atoms with Gasteiger partial charge < -0.3 is 15.3 Å². The number of hydrogen-bond acceptors (Lipinski definition) is 6. The molecule has 0 radical (unpaired) electrons. The Morgan fingerprint density at radius 2 is 0.475 bits per heavy atom. The summed E-state index contributed by atoms with van der Waals surface area (Å²) in [6, 6.07) is 0. The molecule has 40 heavy (non-hydrogen) atoms. The smallest absolute Gasteiger partial charge is 0.164 e. The van der Waals surface area contributed by atoms with E-state index in [1.54, 1.807) is 0 Å². The van der Waals surface area contributed by atoms with E-state index in [-0.39, 0.29) is 91.7 Å². The maximum Gasteiger partial charge on any atom is 0.164 e. The minimum Gasteiger partial charge on any atom is -0.512 e. The second-order valence-corrected chi connectivity index (χ2v) is 16.2. The fourth-order valence-corrected chi connectivity index (χ4v) is 1.67. The molecule has 0 aromatic heterocycles. The Hall–Kier alpha value is -1.02. The fourth-order valence-electron chi connectivity index (χ4n) is 1.67. The van der Waals surface area contributed by atoms with E-state index in [0.29, 0.717) is 0 Å². The Morgan fingerprint density at radius 1 is 0.350 bits per heavy atom. The van der Waals surface area contributed by atoms with E-state index >= 15 is 0 Å². The van der Waals surface area contributed by atoms with Crippen LogP contribution in [0.4, 0.5) is 0 Å². The maximum atomic E-state index is 11.5. The van der Waals surface area contributed by atoms with Gasteiger partial charge in [0, 0.05) is 91.6 Å². The number of carbonyl (C=O) groups is 3. The van der Waals surface area contributed by atoms with Gasteiger partial charge in [0.2, 0.25) is 0 Å². The molecule has 0 saturated carbocycles. The largest absolute Gasteiger partial charge is 0.512 e. The molecule has 0 unspecified atom stereocenters. The van der Waals surface area contributed by atoms with Crippen molar-refractivity contribution < 1.29 is 70.5 Å². The van der Waals surface area contributed by atoms with E-state index in [0.717, 1.165) is 0 Å². The average molecular weight is 697 g/mol. The van der Waals surface area contributed by atoms with E-state index in [1.807, 2.05) is 125 Å². The van der Waals surface area contributed by atoms with Crippen molar-refractivity contribution in [3.05, 3.63) is 35.5 Å². The summed E-state index contributed by atoms with van der Waals surface area (Å²) in [6.45, 7) is 33.3. The Labute approximate surface area is 278 Å². The first kappa shape index (κ1) is 46.0. The van der Waals surface area contributed by atoms with Gasteiger partial charge in [0.1, 0.15) is 17.3 Å². The van der Waals surface area contributed by atoms with Crippen LogP contribution in [0, 0.1) is 73.3 Å². The van der Waals surface area contributed by atoms with Crippen LogP contribution in [0.5, 0.6) is 0 Å². The van der Waals surface area contributed by atoms with Crippen LogP contribution < -0.4 is 0 Å². The van der Waals surface area contributed by atoms with Crippen LogP contribution in [-0.4, -0.2) is 32.7 Å². The molecule has 0 heterocycles. The molecule has 0 aliphatic heterocycles. The monoisotopic (exact) mass is 694 g/mol. The summed E-state index contributed by atoms with van der Waals surface area (Å²) in [5.74, 6) is 0.312. The predicted molar refractivity (Wildman–Crippen MR) is 164 cm³/mol. The number of aliphatic hydroxyl groups excluding tert-OH is 3. The first-order valence-corrected chi connectivity index (χ1v) is 13.5. The summed E-state index contributed by atoms with van der Waals surface area (Å²) < 4.78 is 0. The molecule has 6 nitrogen and oxygen atoms in total. The van der Waals surface area contributed by atoms with Gasteiger partial charge in [-0.15, -0.1) is 0 Å². The average Bonchev–Trinajstić information content (AvgIpc) is 2.64. The Balaban J connectivity index is -0.000000240. The van der Waals surface area contributed by atoms with Crippen LogP contribution >= 0.6 is 0 Å². The molecule has 0 fully saturated rings. The summed E-state index contributed by atoms with van der Waals surface area (Å²) in [5, 5.41) is 28.7. The number of carbonyl (C=O) groups excluding carboxylic acids is 3. The van der Waals surface area contributed by atoms with Crippen LogP contribution in [0.3, 0.4) is 0 Å². The molecule has 3 N–H and O–H groups in total. The van der Waals surface area contributed by atoms with Crippen molar-refractivity contribution in [2.24, 2.45) is 32.5 Å². The maximum absolute atomic E-state index is 11.5. The first-order valence-electron chi connectivity index (χ1n) is 13.5. The molecule has 0 spiro atoms. The molecular formula is C33H60NdO6. The van der Waals surface area contributed by atoms with E-state index in [1.165, 1.54) is 18.2 Å². The molecule has 232 valence electrons. The van der Waals surface area contributed by atoms with Crippen molar-refractivity contribution in [1.29, 1.82) is 0 Å². The van der Waals surface area contributed by atoms with Gasteiger partial charge in [0.25, 0.3) is 0 Å². The Bertz CT molecular complexity index is 801. The third-order valence-electron chi connectivity index (χ3n) is 5.33. The van der Waals surface area contributed by atoms with Gasteiger partial charge in [0.15, 0.2) is 17.3 Å². The molecule has 0 amide bonds. The van der Waals surface area contributed by atoms with Crippen molar-refractivity contribution in [2.45, 2.75) is 125 Å². The summed E-state index contributed by atoms with van der Waals surface area (Å²) in [4.78, 5) is 34.5. The third kappa shape index (κ3) is 21.7. The van der Waals surface area contributed by atoms with Crippen molar-refractivity contribution in [1.82, 2.24) is 0 Å². The third-order valence-corrected chi connectivity index (χ3v) is 5.33. The van der Waals surface area contributed by atoms with E-state index < -0.39 is 16.2 Å². The van der Waals surface area contributed by atoms with Crippen molar-refractivity contribution >= 4 is 17.3 Å². The summed E-state index contributed by atoms with van der Waals surface area (Å²) in [6.07, 6.45) is 4.00. The topological polar surface area (TPSA) is 112 Å². The fraction of sp³-hybridized carbons (Fsp3) is 0.727. The minimum absolute atomic E-state index is 0. The van der Waals surface area contributed by atoms with Gasteiger partial charge in [-0.2, -0.15) is 0 Å². The van der Waals surface area contributed by atoms with Crippen LogP contribution in [-0.2, 0) is 14.4 Å². The van der Waals surface area contributed by atoms with Crippen molar-refractivity contribution in [2.75, 3.05) is 0 Å². The van der Waals surface area contributed by atoms with Gasteiger partial charge in [-0.25, -0.2) is 0 Å². The molecule has 0 bridgehead atoms. The summed E-state index contributed by atoms with van der Waals surface area (Å²) in [5.41, 5.74) is -2.29. The van der Waals surface area contributed by atoms with Gasteiger partial charge >= 0.3 is 0 Å². The van der Waals surface area contributed by atoms with E-state index in [9.17, 15) is 29.7 Å². The SMILES string of the molecule is CC(C)(C)C(=O)/C=C(/O)C(C)(C)C.CC(C)(C)C(=O)/C=C(/O)C(C)(C)C.CC(C)(C)C(=O)/C=C(/O)C(C)(C)C.[Nd]. The number of rotatable bonds is 3. The second kappa shape index (κ2) is 16.6. The van der Waals surface area contributed by atoms with Gasteiger partial charge in [-0.05, 0) is 0 Å². The molecule has 0 atom stereocenters. The molecule has 0 rings (SSSR count). The minimum atomic E-state index is -0.417. The quantitative estimate of drug-likeness (QED) is 0.200. The second-order valence-electron chi connectivity index (χ2n) is 16.2. The van der Waals surface area contributed by atoms with E-state index in [2.05, 4.69) is 0 Å². The van der Waals surface area contributed by atoms with Crippen LogP contribution in [0.1, 0.15) is 125 Å². The molecule has 0 aromatic rings. The molecule has 0 aliphatic carbocycles. The van der Waals surface area contributed by atoms with E-state index in [4.69, 9.17) is 0 Å².